The molecule has 0 heterocycles. The molecule has 1 aliphatic carbocycles. The third-order valence-corrected chi connectivity index (χ3v) is 18.9. The van der Waals surface area contributed by atoms with Crippen molar-refractivity contribution in [2.24, 2.45) is 5.92 Å². The second kappa shape index (κ2) is 23.5. The number of halogens is 2. The van der Waals surface area contributed by atoms with Gasteiger partial charge in [0.2, 0.25) is 0 Å². The Hall–Kier alpha value is -7.76. The summed E-state index contributed by atoms with van der Waals surface area (Å²) in [6.07, 6.45) is 2.36. The number of hydrogen-bond donors (Lipinski definition) is 0. The predicted molar refractivity (Wildman–Crippen MR) is 366 cm³/mol. The molecule has 0 amide bonds. The van der Waals surface area contributed by atoms with Crippen molar-refractivity contribution < 1.29 is 0 Å². The van der Waals surface area contributed by atoms with Gasteiger partial charge in [0.15, 0.2) is 0 Å². The second-order valence-corrected chi connectivity index (χ2v) is 25.5. The van der Waals surface area contributed by atoms with Crippen LogP contribution in [0.5, 0.6) is 0 Å². The van der Waals surface area contributed by atoms with Crippen molar-refractivity contribution in [2.45, 2.75) is 94.8 Å². The molecule has 0 aromatic heterocycles. The number of aryl methyl sites for hydroxylation is 10. The molecule has 11 rings (SSSR count). The fourth-order valence-electron chi connectivity index (χ4n) is 12.8. The Labute approximate surface area is 511 Å². The lowest BCUT2D eigenvalue weighted by Crippen LogP contribution is -2.16. The monoisotopic (exact) mass is 1210 g/mol. The quantitative estimate of drug-likeness (QED) is 0.113. The van der Waals surface area contributed by atoms with E-state index >= 15 is 0 Å². The van der Waals surface area contributed by atoms with Gasteiger partial charge in [-0.3, -0.25) is 0 Å². The van der Waals surface area contributed by atoms with E-state index in [2.05, 4.69) is 332 Å². The molecule has 414 valence electrons. The van der Waals surface area contributed by atoms with Gasteiger partial charge in [-0.15, -0.1) is 0 Å². The molecule has 2 atom stereocenters. The number of benzene rings is 10. The highest BCUT2D eigenvalue weighted by Crippen LogP contribution is 2.45. The first kappa shape index (κ1) is 57.1. The van der Waals surface area contributed by atoms with E-state index in [0.717, 1.165) is 38.6 Å². The minimum atomic E-state index is 0.349. The topological polar surface area (TPSA) is 6.48 Å². The maximum atomic E-state index is 3.91. The molecule has 0 saturated heterocycles. The zero-order valence-corrected chi connectivity index (χ0v) is 53.5. The summed E-state index contributed by atoms with van der Waals surface area (Å²) in [5.74, 6) is 0.426. The number of nitrogens with zero attached hydrogens (tertiary/aromatic N) is 2. The standard InChI is InChI=1S/C79H74Br2N2/c1-47-14-18-60(19-15-47)71-34-30-67(40-49(71)3)82(65-26-22-62(23-27-65)78-55(9)38-64(80)39-56(78)10)69-32-36-73(51(5)42-69)75-44-54(8)76(45-53(75)7)74-37-33-70(43-52(74)6)83(68-31-35-72(50(4)41-68)61-20-16-48(2)17-21-61)66-28-24-63(25-29-66)79-57(11)46-77(81)58(12)59(79)13/h14-46,58,77H,1-13H3. The summed E-state index contributed by atoms with van der Waals surface area (Å²) in [4.78, 5) is 5.18. The van der Waals surface area contributed by atoms with Gasteiger partial charge in [0.05, 0.1) is 0 Å². The minimum Gasteiger partial charge on any atom is -0.310 e. The van der Waals surface area contributed by atoms with Crippen LogP contribution in [0.25, 0.3) is 61.2 Å². The molecule has 0 radical (unpaired) electrons. The smallest absolute Gasteiger partial charge is 0.0464 e. The first-order valence-corrected chi connectivity index (χ1v) is 30.8. The third-order valence-electron chi connectivity index (χ3n) is 17.4. The van der Waals surface area contributed by atoms with E-state index in [1.54, 1.807) is 0 Å². The van der Waals surface area contributed by atoms with Crippen LogP contribution < -0.4 is 9.80 Å². The average Bonchev–Trinajstić information content (AvgIpc) is 3.45. The number of allylic oxidation sites excluding steroid dienone is 4. The fourth-order valence-corrected chi connectivity index (χ4v) is 14.3. The molecule has 2 nitrogen and oxygen atoms in total. The van der Waals surface area contributed by atoms with E-state index in [-0.39, 0.29) is 0 Å². The summed E-state index contributed by atoms with van der Waals surface area (Å²) < 4.78 is 1.11. The SMILES string of the molecule is CC1=CC(Br)C(C)C(C)=C1c1ccc(N(c2ccc(-c3ccc(C)cc3)c(C)c2)c2ccc(-c3cc(C)c(-c4ccc(N(c5ccc(-c6c(C)cc(Br)cc6C)cc5)c5ccc(-c6ccc(C)cc6)c(C)c5)cc4C)cc3C)c(C)c2)cc1. The molecule has 0 bridgehead atoms. The summed E-state index contributed by atoms with van der Waals surface area (Å²) in [7, 11) is 0. The molecule has 10 aromatic carbocycles. The Morgan fingerprint density at radius 1 is 0.313 bits per heavy atom. The Morgan fingerprint density at radius 2 is 0.639 bits per heavy atom. The molecule has 4 heteroatoms. The number of anilines is 6. The van der Waals surface area contributed by atoms with Crippen molar-refractivity contribution in [3.63, 3.8) is 0 Å². The normalized spacial score (nSPS) is 14.2. The van der Waals surface area contributed by atoms with Crippen LogP contribution in [0, 0.1) is 75.2 Å². The largest absolute Gasteiger partial charge is 0.310 e. The van der Waals surface area contributed by atoms with E-state index in [1.807, 2.05) is 0 Å². The molecular formula is C79H74Br2N2. The van der Waals surface area contributed by atoms with Crippen molar-refractivity contribution >= 4 is 71.6 Å². The maximum Gasteiger partial charge on any atom is 0.0464 e. The molecule has 83 heavy (non-hydrogen) atoms. The Bertz CT molecular complexity index is 4150. The van der Waals surface area contributed by atoms with Gasteiger partial charge in [-0.25, -0.2) is 0 Å². The van der Waals surface area contributed by atoms with Crippen LogP contribution in [0.3, 0.4) is 0 Å². The Morgan fingerprint density at radius 3 is 1.01 bits per heavy atom. The molecule has 0 saturated carbocycles. The number of rotatable bonds is 12. The van der Waals surface area contributed by atoms with Crippen LogP contribution >= 0.6 is 31.9 Å². The van der Waals surface area contributed by atoms with Gasteiger partial charge in [0, 0.05) is 43.4 Å². The fraction of sp³-hybridized carbons (Fsp3) is 0.190. The van der Waals surface area contributed by atoms with E-state index in [4.69, 9.17) is 0 Å². The van der Waals surface area contributed by atoms with Crippen LogP contribution in [0.4, 0.5) is 34.1 Å². The highest BCUT2D eigenvalue weighted by atomic mass is 79.9. The maximum absolute atomic E-state index is 3.91. The van der Waals surface area contributed by atoms with Crippen molar-refractivity contribution in [1.82, 2.24) is 0 Å². The molecule has 0 spiro atoms. The predicted octanol–water partition coefficient (Wildman–Crippen LogP) is 23.9. The number of alkyl halides is 1. The first-order chi connectivity index (χ1) is 39.8. The summed E-state index contributed by atoms with van der Waals surface area (Å²) in [6, 6.07) is 73.1. The zero-order valence-electron chi connectivity index (χ0n) is 50.4. The van der Waals surface area contributed by atoms with Crippen LogP contribution in [0.1, 0.15) is 82.0 Å². The third kappa shape index (κ3) is 11.4. The summed E-state index contributed by atoms with van der Waals surface area (Å²) in [5, 5.41) is 0. The Kier molecular flexibility index (Phi) is 16.1. The van der Waals surface area contributed by atoms with Crippen LogP contribution in [-0.2, 0) is 0 Å². The lowest BCUT2D eigenvalue weighted by molar-refractivity contribution is 0.708. The van der Waals surface area contributed by atoms with E-state index in [1.165, 1.54) is 134 Å². The molecule has 0 fully saturated rings. The zero-order chi connectivity index (χ0) is 58.5. The lowest BCUT2D eigenvalue weighted by atomic mass is 9.82. The van der Waals surface area contributed by atoms with Crippen molar-refractivity contribution in [3.8, 4) is 55.6 Å². The number of hydrogen-bond acceptors (Lipinski definition) is 2. The second-order valence-electron chi connectivity index (χ2n) is 23.5. The van der Waals surface area contributed by atoms with Gasteiger partial charge < -0.3 is 9.80 Å². The summed E-state index contributed by atoms with van der Waals surface area (Å²) in [6.45, 7) is 29.1. The van der Waals surface area contributed by atoms with Crippen molar-refractivity contribution in [1.29, 1.82) is 0 Å². The van der Waals surface area contributed by atoms with Gasteiger partial charge >= 0.3 is 0 Å². The van der Waals surface area contributed by atoms with E-state index in [0.29, 0.717) is 10.7 Å². The van der Waals surface area contributed by atoms with Crippen LogP contribution in [0.15, 0.2) is 216 Å². The Balaban J connectivity index is 0.933. The highest BCUT2D eigenvalue weighted by molar-refractivity contribution is 9.10. The summed E-state index contributed by atoms with van der Waals surface area (Å²) in [5.41, 5.74) is 37.0. The average molecular weight is 1210 g/mol. The lowest BCUT2D eigenvalue weighted by Gasteiger charge is -2.29. The van der Waals surface area contributed by atoms with E-state index in [9.17, 15) is 0 Å². The van der Waals surface area contributed by atoms with E-state index < -0.39 is 0 Å². The molecular weight excluding hydrogens is 1140 g/mol. The van der Waals surface area contributed by atoms with Crippen LogP contribution in [-0.4, -0.2) is 4.83 Å². The highest BCUT2D eigenvalue weighted by Gasteiger charge is 2.25. The molecule has 0 N–H and O–H groups in total. The van der Waals surface area contributed by atoms with Gasteiger partial charge in [-0.1, -0.05) is 171 Å². The minimum absolute atomic E-state index is 0.349. The molecule has 0 aliphatic heterocycles. The molecule has 10 aromatic rings. The molecule has 2 unspecified atom stereocenters. The van der Waals surface area contributed by atoms with Gasteiger partial charge in [0.25, 0.3) is 0 Å². The van der Waals surface area contributed by atoms with Gasteiger partial charge in [0.1, 0.15) is 0 Å². The van der Waals surface area contributed by atoms with Crippen LogP contribution in [0.2, 0.25) is 0 Å². The van der Waals surface area contributed by atoms with Gasteiger partial charge in [-0.05, 0) is 291 Å². The summed E-state index contributed by atoms with van der Waals surface area (Å²) >= 11 is 7.62. The first-order valence-electron chi connectivity index (χ1n) is 29.1. The van der Waals surface area contributed by atoms with Crippen molar-refractivity contribution in [3.05, 3.63) is 277 Å². The van der Waals surface area contributed by atoms with Gasteiger partial charge in [-0.2, -0.15) is 0 Å². The van der Waals surface area contributed by atoms with Crippen molar-refractivity contribution in [2.75, 3.05) is 9.80 Å². The molecule has 1 aliphatic rings.